The van der Waals surface area contributed by atoms with Gasteiger partial charge in [-0.25, -0.2) is 9.97 Å². The maximum absolute atomic E-state index is 13.4. The molecule has 1 aliphatic heterocycles. The van der Waals surface area contributed by atoms with Gasteiger partial charge in [-0.15, -0.1) is 0 Å². The fraction of sp³-hybridized carbons (Fsp3) is 0.391. The van der Waals surface area contributed by atoms with Crippen LogP contribution in [0.25, 0.3) is 5.69 Å². The van der Waals surface area contributed by atoms with Gasteiger partial charge in [0.2, 0.25) is 5.95 Å². The van der Waals surface area contributed by atoms with E-state index in [0.29, 0.717) is 30.1 Å². The zero-order chi connectivity index (χ0) is 25.1. The van der Waals surface area contributed by atoms with Gasteiger partial charge < -0.3 is 24.4 Å². The molecule has 184 valence electrons. The number of alkyl halides is 3. The molecule has 2 aromatic heterocycles. The van der Waals surface area contributed by atoms with Gasteiger partial charge in [0, 0.05) is 32.0 Å². The van der Waals surface area contributed by atoms with Crippen LogP contribution in [0.5, 0.6) is 5.75 Å². The van der Waals surface area contributed by atoms with Crippen molar-refractivity contribution in [1.82, 2.24) is 19.5 Å². The van der Waals surface area contributed by atoms with Crippen molar-refractivity contribution in [1.29, 1.82) is 0 Å². The molecule has 0 unspecified atom stereocenters. The number of hydrogen-bond acceptors (Lipinski definition) is 7. The third-order valence-corrected chi connectivity index (χ3v) is 6.45. The zero-order valence-corrected chi connectivity index (χ0v) is 19.6. The van der Waals surface area contributed by atoms with E-state index in [2.05, 4.69) is 20.3 Å². The van der Waals surface area contributed by atoms with E-state index >= 15 is 0 Å². The van der Waals surface area contributed by atoms with Crippen LogP contribution < -0.4 is 19.9 Å². The molecule has 0 bridgehead atoms. The summed E-state index contributed by atoms with van der Waals surface area (Å²) in [5.41, 5.74) is 1.19. The molecule has 35 heavy (non-hydrogen) atoms. The number of aryl methyl sites for hydroxylation is 1. The molecule has 1 fully saturated rings. The Bertz CT molecular complexity index is 1320. The second-order valence-corrected chi connectivity index (χ2v) is 8.85. The van der Waals surface area contributed by atoms with Gasteiger partial charge >= 0.3 is 6.18 Å². The minimum atomic E-state index is -4.51. The Labute approximate surface area is 199 Å². The van der Waals surface area contributed by atoms with Crippen molar-refractivity contribution in [2.24, 2.45) is 0 Å². The number of ether oxygens (including phenoxy) is 1. The van der Waals surface area contributed by atoms with Crippen LogP contribution >= 0.6 is 0 Å². The molecule has 1 amide bonds. The van der Waals surface area contributed by atoms with Crippen LogP contribution in [0.4, 0.5) is 36.3 Å². The van der Waals surface area contributed by atoms with E-state index in [4.69, 9.17) is 4.74 Å². The molecule has 1 spiro atoms. The van der Waals surface area contributed by atoms with E-state index in [1.54, 1.807) is 36.5 Å². The van der Waals surface area contributed by atoms with Crippen molar-refractivity contribution >= 4 is 29.0 Å². The Morgan fingerprint density at radius 1 is 1.20 bits per heavy atom. The summed E-state index contributed by atoms with van der Waals surface area (Å²) in [6, 6.07) is 5.26. The van der Waals surface area contributed by atoms with E-state index in [0.717, 1.165) is 11.4 Å². The summed E-state index contributed by atoms with van der Waals surface area (Å²) in [7, 11) is 4.70. The maximum atomic E-state index is 13.4. The van der Waals surface area contributed by atoms with Crippen LogP contribution in [-0.2, 0) is 11.2 Å². The maximum Gasteiger partial charge on any atom is 0.394 e. The molecule has 0 radical (unpaired) electrons. The largest absolute Gasteiger partial charge is 0.494 e. The van der Waals surface area contributed by atoms with Crippen LogP contribution in [0, 0.1) is 6.92 Å². The summed E-state index contributed by atoms with van der Waals surface area (Å²) in [4.78, 5) is 28.8. The van der Waals surface area contributed by atoms with E-state index in [-0.39, 0.29) is 23.2 Å². The number of hydrogen-bond donors (Lipinski definition) is 1. The molecule has 9 nitrogen and oxygen atoms in total. The molecule has 3 aromatic rings. The van der Waals surface area contributed by atoms with Crippen molar-refractivity contribution in [3.05, 3.63) is 42.1 Å². The Kier molecular flexibility index (Phi) is 5.15. The average Bonchev–Trinajstić information content (AvgIpc) is 3.49. The zero-order valence-electron chi connectivity index (χ0n) is 19.6. The van der Waals surface area contributed by atoms with Crippen molar-refractivity contribution < 1.29 is 22.7 Å². The summed E-state index contributed by atoms with van der Waals surface area (Å²) >= 11 is 0. The average molecular weight is 487 g/mol. The van der Waals surface area contributed by atoms with Crippen molar-refractivity contribution in [3.8, 4) is 11.4 Å². The van der Waals surface area contributed by atoms with Crippen molar-refractivity contribution in [2.75, 3.05) is 36.3 Å². The summed E-state index contributed by atoms with van der Waals surface area (Å²) in [5.74, 6) is 0.580. The van der Waals surface area contributed by atoms with E-state index in [1.165, 1.54) is 19.1 Å². The molecular weight excluding hydrogens is 463 g/mol. The second-order valence-electron chi connectivity index (χ2n) is 8.85. The number of halogens is 3. The highest BCUT2D eigenvalue weighted by atomic mass is 19.4. The number of rotatable bonds is 5. The molecule has 1 aliphatic carbocycles. The van der Waals surface area contributed by atoms with Crippen LogP contribution in [0.3, 0.4) is 0 Å². The predicted molar refractivity (Wildman–Crippen MR) is 124 cm³/mol. The summed E-state index contributed by atoms with van der Waals surface area (Å²) in [5, 5.41) is 3.01. The number of carbonyl (C=O) groups excluding carboxylic acids is 1. The quantitative estimate of drug-likeness (QED) is 0.586. The fourth-order valence-corrected chi connectivity index (χ4v) is 4.51. The Balaban J connectivity index is 1.55. The van der Waals surface area contributed by atoms with Gasteiger partial charge in [0.15, 0.2) is 5.82 Å². The van der Waals surface area contributed by atoms with Crippen LogP contribution in [0.2, 0.25) is 0 Å². The number of nitrogens with one attached hydrogen (secondary N) is 1. The summed E-state index contributed by atoms with van der Waals surface area (Å²) < 4.78 is 47.6. The van der Waals surface area contributed by atoms with Crippen molar-refractivity contribution in [2.45, 2.75) is 37.9 Å². The minimum Gasteiger partial charge on any atom is -0.494 e. The van der Waals surface area contributed by atoms with Crippen LogP contribution in [-0.4, -0.2) is 58.3 Å². The lowest BCUT2D eigenvalue weighted by Gasteiger charge is -2.40. The number of aromatic nitrogens is 4. The Morgan fingerprint density at radius 2 is 1.94 bits per heavy atom. The van der Waals surface area contributed by atoms with Gasteiger partial charge in [-0.2, -0.15) is 18.2 Å². The van der Waals surface area contributed by atoms with Gasteiger partial charge in [-0.3, -0.25) is 4.79 Å². The van der Waals surface area contributed by atoms with E-state index in [1.807, 2.05) is 17.7 Å². The Morgan fingerprint density at radius 3 is 2.54 bits per heavy atom. The summed E-state index contributed by atoms with van der Waals surface area (Å²) in [6.07, 6.45) is -1.03. The first-order valence-electron chi connectivity index (χ1n) is 11.0. The number of imidazole rings is 1. The highest BCUT2D eigenvalue weighted by Crippen LogP contribution is 2.51. The first-order chi connectivity index (χ1) is 16.5. The molecule has 0 saturated heterocycles. The Hall–Kier alpha value is -3.83. The lowest BCUT2D eigenvalue weighted by molar-refractivity contribution is -0.128. The van der Waals surface area contributed by atoms with Gasteiger partial charge in [0.1, 0.15) is 17.0 Å². The van der Waals surface area contributed by atoms with Gasteiger partial charge in [-0.05, 0) is 31.9 Å². The summed E-state index contributed by atoms with van der Waals surface area (Å²) in [6.45, 7) is 1.87. The van der Waals surface area contributed by atoms with Crippen LogP contribution in [0.1, 0.15) is 24.2 Å². The number of fused-ring (bicyclic) bond motifs is 1. The van der Waals surface area contributed by atoms with E-state index < -0.39 is 18.1 Å². The number of benzene rings is 1. The molecule has 1 saturated carbocycles. The molecule has 1 aromatic carbocycles. The van der Waals surface area contributed by atoms with E-state index in [9.17, 15) is 18.0 Å². The molecule has 3 heterocycles. The first kappa shape index (κ1) is 22.9. The number of nitrogens with zero attached hydrogens (tertiary/aromatic N) is 6. The number of likely N-dealkylation sites (N-methyl/N-ethyl adjacent to an activating group) is 2. The highest BCUT2D eigenvalue weighted by molar-refractivity contribution is 6.09. The third-order valence-electron chi connectivity index (χ3n) is 6.45. The molecule has 12 heteroatoms. The highest BCUT2D eigenvalue weighted by Gasteiger charge is 2.59. The van der Waals surface area contributed by atoms with Gasteiger partial charge in [0.25, 0.3) is 5.91 Å². The third kappa shape index (κ3) is 3.92. The topological polar surface area (TPSA) is 88.4 Å². The molecule has 0 atom stereocenters. The van der Waals surface area contributed by atoms with Gasteiger partial charge in [0.05, 0.1) is 36.9 Å². The number of anilines is 4. The molecule has 5 rings (SSSR count). The lowest BCUT2D eigenvalue weighted by Crippen LogP contribution is -2.53. The molecular formula is C23H24F3N7O2. The lowest BCUT2D eigenvalue weighted by atomic mass is 10.1. The fourth-order valence-electron chi connectivity index (χ4n) is 4.51. The number of methoxy groups -OCH3 is 1. The smallest absolute Gasteiger partial charge is 0.394 e. The van der Waals surface area contributed by atoms with Gasteiger partial charge in [-0.1, -0.05) is 0 Å². The number of carbonyl (C=O) groups is 1. The number of amides is 1. The predicted octanol–water partition coefficient (Wildman–Crippen LogP) is 3.77. The molecule has 1 N–H and O–H groups in total. The molecule has 2 aliphatic rings. The normalized spacial score (nSPS) is 16.5. The standard InChI is InChI=1S/C23H24F3N7O2/c1-13-11-33(12-27-13)16-6-5-14(9-17(16)35-4)28-21-29-15(10-23(24,25)26)18-19(30-21)32(3)22(7-8-22)20(34)31(18)2/h5-6,9,11-12H,7-8,10H2,1-4H3,(H,28,29,30). The monoisotopic (exact) mass is 487 g/mol. The van der Waals surface area contributed by atoms with Crippen molar-refractivity contribution in [3.63, 3.8) is 0 Å². The SMILES string of the molecule is COc1cc(Nc2nc(CC(F)(F)F)c3c(n2)N(C)C2(CC2)C(=O)N3C)ccc1-n1cnc(C)c1. The minimum absolute atomic E-state index is 0.00155. The first-order valence-corrected chi connectivity index (χ1v) is 11.0. The second kappa shape index (κ2) is 7.85. The van der Waals surface area contributed by atoms with Crippen LogP contribution in [0.15, 0.2) is 30.7 Å².